The van der Waals surface area contributed by atoms with Crippen molar-refractivity contribution in [2.24, 2.45) is 0 Å². The van der Waals surface area contributed by atoms with Gasteiger partial charge in [0.25, 0.3) is 0 Å². The fourth-order valence-electron chi connectivity index (χ4n) is 1.52. The average molecular weight is 342 g/mol. The summed E-state index contributed by atoms with van der Waals surface area (Å²) in [5, 5.41) is 21.5. The van der Waals surface area contributed by atoms with Gasteiger partial charge in [0.15, 0.2) is 0 Å². The highest BCUT2D eigenvalue weighted by Crippen LogP contribution is 2.35. The molecule has 0 heterocycles. The topological polar surface area (TPSA) is 52.5 Å². The van der Waals surface area contributed by atoms with Gasteiger partial charge >= 0.3 is 6.18 Å². The summed E-state index contributed by atoms with van der Waals surface area (Å²) in [6, 6.07) is 3.17. The third-order valence-corrected chi connectivity index (χ3v) is 3.63. The number of hydrogen-bond donors (Lipinski definition) is 3. The second-order valence-corrected chi connectivity index (χ2v) is 5.12. The molecule has 1 aromatic rings. The molecule has 0 radical (unpaired) electrons. The van der Waals surface area contributed by atoms with E-state index in [1.165, 1.54) is 6.07 Å². The van der Waals surface area contributed by atoms with Gasteiger partial charge in [-0.05, 0) is 40.5 Å². The molecule has 0 aliphatic carbocycles. The Bertz CT molecular complexity index is 425. The van der Waals surface area contributed by atoms with Crippen LogP contribution in [0.5, 0.6) is 0 Å². The molecular weight excluding hydrogens is 327 g/mol. The van der Waals surface area contributed by atoms with E-state index in [1.54, 1.807) is 6.92 Å². The van der Waals surface area contributed by atoms with E-state index in [4.69, 9.17) is 0 Å². The number of anilines is 1. The number of aliphatic hydroxyl groups is 2. The van der Waals surface area contributed by atoms with Gasteiger partial charge in [0.1, 0.15) is 0 Å². The summed E-state index contributed by atoms with van der Waals surface area (Å²) >= 11 is 3.05. The summed E-state index contributed by atoms with van der Waals surface area (Å²) in [5.41, 5.74) is -1.33. The largest absolute Gasteiger partial charge is 0.416 e. The van der Waals surface area contributed by atoms with Gasteiger partial charge in [0.2, 0.25) is 0 Å². The Hall–Kier alpha value is -0.790. The maximum Gasteiger partial charge on any atom is 0.416 e. The van der Waals surface area contributed by atoms with E-state index >= 15 is 0 Å². The summed E-state index contributed by atoms with van der Waals surface area (Å²) in [6.07, 6.45) is -3.98. The first-order valence-corrected chi connectivity index (χ1v) is 6.44. The molecule has 3 N–H and O–H groups in total. The molecule has 1 rings (SSSR count). The summed E-state index contributed by atoms with van der Waals surface area (Å²) < 4.78 is 37.8. The van der Waals surface area contributed by atoms with Crippen LogP contribution in [0.3, 0.4) is 0 Å². The monoisotopic (exact) mass is 341 g/mol. The molecule has 108 valence electrons. The zero-order chi connectivity index (χ0) is 14.7. The minimum absolute atomic E-state index is 0.224. The molecule has 3 nitrogen and oxygen atoms in total. The second-order valence-electron chi connectivity index (χ2n) is 4.27. The van der Waals surface area contributed by atoms with Crippen LogP contribution in [0.25, 0.3) is 0 Å². The van der Waals surface area contributed by atoms with Crippen molar-refractivity contribution in [2.75, 3.05) is 18.5 Å². The van der Waals surface area contributed by atoms with Crippen LogP contribution in [0.15, 0.2) is 22.7 Å². The van der Waals surface area contributed by atoms with Crippen molar-refractivity contribution in [3.8, 4) is 0 Å². The Labute approximate surface area is 117 Å². The van der Waals surface area contributed by atoms with Gasteiger partial charge < -0.3 is 15.5 Å². The van der Waals surface area contributed by atoms with Crippen LogP contribution in [0.1, 0.15) is 18.9 Å². The highest BCUT2D eigenvalue weighted by molar-refractivity contribution is 9.10. The first-order chi connectivity index (χ1) is 8.78. The zero-order valence-electron chi connectivity index (χ0n) is 10.3. The van der Waals surface area contributed by atoms with Crippen molar-refractivity contribution >= 4 is 21.6 Å². The predicted molar refractivity (Wildman–Crippen MR) is 70.0 cm³/mol. The zero-order valence-corrected chi connectivity index (χ0v) is 11.8. The van der Waals surface area contributed by atoms with E-state index in [1.807, 2.05) is 0 Å². The fraction of sp³-hybridized carbons (Fsp3) is 0.500. The lowest BCUT2D eigenvalue weighted by Gasteiger charge is -2.31. The van der Waals surface area contributed by atoms with Gasteiger partial charge in [-0.25, -0.2) is 0 Å². The molecule has 0 atom stereocenters. The Morgan fingerprint density at radius 2 is 1.79 bits per heavy atom. The van der Waals surface area contributed by atoms with Crippen LogP contribution < -0.4 is 5.32 Å². The lowest BCUT2D eigenvalue weighted by atomic mass is 9.98. The Kier molecular flexibility index (Phi) is 5.23. The maximum atomic E-state index is 12.5. The average Bonchev–Trinajstić information content (AvgIpc) is 2.37. The summed E-state index contributed by atoms with van der Waals surface area (Å²) in [4.78, 5) is 0. The molecule has 0 bridgehead atoms. The lowest BCUT2D eigenvalue weighted by Crippen LogP contribution is -2.45. The van der Waals surface area contributed by atoms with Crippen LogP contribution in [-0.4, -0.2) is 29.0 Å². The van der Waals surface area contributed by atoms with E-state index in [0.29, 0.717) is 12.1 Å². The molecular formula is C12H15BrF3NO2. The number of halogens is 4. The number of rotatable bonds is 5. The van der Waals surface area contributed by atoms with Gasteiger partial charge in [-0.1, -0.05) is 6.92 Å². The lowest BCUT2D eigenvalue weighted by molar-refractivity contribution is -0.137. The molecule has 0 spiro atoms. The first-order valence-electron chi connectivity index (χ1n) is 5.64. The number of aliphatic hydroxyl groups excluding tert-OH is 2. The predicted octanol–water partition coefficient (Wildman–Crippen LogP) is 3.01. The van der Waals surface area contributed by atoms with Crippen molar-refractivity contribution in [1.29, 1.82) is 0 Å². The second kappa shape index (κ2) is 6.11. The number of benzene rings is 1. The van der Waals surface area contributed by atoms with Crippen molar-refractivity contribution in [2.45, 2.75) is 25.1 Å². The van der Waals surface area contributed by atoms with Crippen molar-refractivity contribution in [3.05, 3.63) is 28.2 Å². The molecule has 0 amide bonds. The Balaban J connectivity index is 3.04. The van der Waals surface area contributed by atoms with Crippen molar-refractivity contribution < 1.29 is 23.4 Å². The highest BCUT2D eigenvalue weighted by Gasteiger charge is 2.32. The van der Waals surface area contributed by atoms with Crippen LogP contribution in [0, 0.1) is 0 Å². The first kappa shape index (κ1) is 16.3. The fourth-order valence-corrected chi connectivity index (χ4v) is 2.00. The summed E-state index contributed by atoms with van der Waals surface area (Å²) in [5.74, 6) is 0. The minimum Gasteiger partial charge on any atom is -0.394 e. The van der Waals surface area contributed by atoms with E-state index in [0.717, 1.165) is 12.1 Å². The van der Waals surface area contributed by atoms with Gasteiger partial charge in [0.05, 0.1) is 24.3 Å². The standard InChI is InChI=1S/C12H15BrF3NO2/c1-2-11(6-18,7-19)17-10-4-3-8(5-9(10)13)12(14,15)16/h3-5,17-19H,2,6-7H2,1H3. The molecule has 0 aliphatic heterocycles. The quantitative estimate of drug-likeness (QED) is 0.771. The number of hydrogen-bond acceptors (Lipinski definition) is 3. The summed E-state index contributed by atoms with van der Waals surface area (Å²) in [7, 11) is 0. The molecule has 0 saturated heterocycles. The van der Waals surface area contributed by atoms with Gasteiger partial charge in [-0.2, -0.15) is 13.2 Å². The van der Waals surface area contributed by atoms with E-state index in [2.05, 4.69) is 21.2 Å². The third-order valence-electron chi connectivity index (χ3n) is 2.98. The molecule has 0 unspecified atom stereocenters. The molecule has 19 heavy (non-hydrogen) atoms. The molecule has 0 aromatic heterocycles. The van der Waals surface area contributed by atoms with Crippen LogP contribution in [0.4, 0.5) is 18.9 Å². The number of nitrogens with one attached hydrogen (secondary N) is 1. The highest BCUT2D eigenvalue weighted by atomic mass is 79.9. The Morgan fingerprint density at radius 3 is 2.16 bits per heavy atom. The number of alkyl halides is 3. The Morgan fingerprint density at radius 1 is 1.21 bits per heavy atom. The molecule has 0 saturated carbocycles. The minimum atomic E-state index is -4.41. The van der Waals surface area contributed by atoms with Crippen LogP contribution in [0.2, 0.25) is 0 Å². The maximum absolute atomic E-state index is 12.5. The van der Waals surface area contributed by atoms with Crippen LogP contribution >= 0.6 is 15.9 Å². The molecule has 7 heteroatoms. The van der Waals surface area contributed by atoms with E-state index < -0.39 is 17.3 Å². The molecule has 0 aliphatic rings. The normalized spacial score (nSPS) is 12.6. The van der Waals surface area contributed by atoms with Gasteiger partial charge in [-0.15, -0.1) is 0 Å². The molecule has 1 aromatic carbocycles. The van der Waals surface area contributed by atoms with Gasteiger partial charge in [0, 0.05) is 10.2 Å². The smallest absolute Gasteiger partial charge is 0.394 e. The van der Waals surface area contributed by atoms with E-state index in [9.17, 15) is 23.4 Å². The summed E-state index contributed by atoms with van der Waals surface area (Å²) in [6.45, 7) is 1.11. The van der Waals surface area contributed by atoms with Crippen LogP contribution in [-0.2, 0) is 6.18 Å². The van der Waals surface area contributed by atoms with E-state index in [-0.39, 0.29) is 17.7 Å². The third kappa shape index (κ3) is 3.84. The molecule has 0 fully saturated rings. The van der Waals surface area contributed by atoms with Gasteiger partial charge in [-0.3, -0.25) is 0 Å². The SMILES string of the molecule is CCC(CO)(CO)Nc1ccc(C(F)(F)F)cc1Br. The van der Waals surface area contributed by atoms with Crippen molar-refractivity contribution in [3.63, 3.8) is 0 Å². The van der Waals surface area contributed by atoms with Crippen molar-refractivity contribution in [1.82, 2.24) is 0 Å².